The summed E-state index contributed by atoms with van der Waals surface area (Å²) in [5, 5.41) is 1.83. The number of methoxy groups -OCH3 is 1. The highest BCUT2D eigenvalue weighted by atomic mass is 35.5. The molecule has 0 aliphatic rings. The lowest BCUT2D eigenvalue weighted by Gasteiger charge is -2.04. The zero-order valence-electron chi connectivity index (χ0n) is 8.87. The number of rotatable bonds is 3. The standard InChI is InChI=1S/C13H11ClO2.CH4/c1-16-12-5-4-10-6-9(7-13(14)15)2-3-11(10)8-12;/h2-6,8H,7H2,1H3;1H4. The van der Waals surface area contributed by atoms with E-state index in [1.165, 1.54) is 0 Å². The predicted molar refractivity (Wildman–Crippen MR) is 71.8 cm³/mol. The van der Waals surface area contributed by atoms with Gasteiger partial charge in [0.25, 0.3) is 0 Å². The molecule has 2 rings (SSSR count). The van der Waals surface area contributed by atoms with E-state index in [-0.39, 0.29) is 19.1 Å². The van der Waals surface area contributed by atoms with Crippen LogP contribution in [0.1, 0.15) is 13.0 Å². The minimum Gasteiger partial charge on any atom is -0.497 e. The fraction of sp³-hybridized carbons (Fsp3) is 0.214. The van der Waals surface area contributed by atoms with Crippen LogP contribution in [0.25, 0.3) is 10.8 Å². The molecule has 0 amide bonds. The van der Waals surface area contributed by atoms with Crippen molar-refractivity contribution in [2.24, 2.45) is 0 Å². The second-order valence-electron chi connectivity index (χ2n) is 3.58. The van der Waals surface area contributed by atoms with E-state index >= 15 is 0 Å². The summed E-state index contributed by atoms with van der Waals surface area (Å²) in [6.07, 6.45) is 0.267. The molecule has 0 aliphatic heterocycles. The largest absolute Gasteiger partial charge is 0.497 e. The third-order valence-electron chi connectivity index (χ3n) is 2.45. The van der Waals surface area contributed by atoms with Crippen LogP contribution in [0.15, 0.2) is 36.4 Å². The van der Waals surface area contributed by atoms with E-state index in [0.717, 1.165) is 22.1 Å². The average Bonchev–Trinajstić information content (AvgIpc) is 2.27. The Bertz CT molecular complexity index is 535. The van der Waals surface area contributed by atoms with Gasteiger partial charge in [-0.05, 0) is 40.1 Å². The lowest BCUT2D eigenvalue weighted by molar-refractivity contribution is -0.111. The minimum absolute atomic E-state index is 0. The molecule has 2 aromatic carbocycles. The normalized spacial score (nSPS) is 9.76. The van der Waals surface area contributed by atoms with E-state index in [9.17, 15) is 4.79 Å². The third-order valence-corrected chi connectivity index (χ3v) is 2.59. The van der Waals surface area contributed by atoms with Crippen molar-refractivity contribution >= 4 is 27.6 Å². The summed E-state index contributed by atoms with van der Waals surface area (Å²) in [5.74, 6) is 0.827. The number of benzene rings is 2. The summed E-state index contributed by atoms with van der Waals surface area (Å²) in [6, 6.07) is 11.7. The van der Waals surface area contributed by atoms with E-state index in [4.69, 9.17) is 16.3 Å². The van der Waals surface area contributed by atoms with E-state index in [2.05, 4.69) is 0 Å². The van der Waals surface area contributed by atoms with E-state index in [1.54, 1.807) is 7.11 Å². The molecule has 0 aliphatic carbocycles. The quantitative estimate of drug-likeness (QED) is 0.775. The highest BCUT2D eigenvalue weighted by molar-refractivity contribution is 6.63. The van der Waals surface area contributed by atoms with Gasteiger partial charge in [0.1, 0.15) is 5.75 Å². The first-order chi connectivity index (χ1) is 7.69. The second-order valence-corrected chi connectivity index (χ2v) is 4.00. The van der Waals surface area contributed by atoms with Crippen LogP contribution in [0.3, 0.4) is 0 Å². The number of fused-ring (bicyclic) bond motifs is 1. The molecule has 0 radical (unpaired) electrons. The summed E-state index contributed by atoms with van der Waals surface area (Å²) in [6.45, 7) is 0. The maximum absolute atomic E-state index is 10.8. The lowest BCUT2D eigenvalue weighted by Crippen LogP contribution is -1.93. The summed E-state index contributed by atoms with van der Waals surface area (Å²) in [5.41, 5.74) is 0.928. The number of carbonyl (C=O) groups is 1. The zero-order chi connectivity index (χ0) is 11.5. The number of ether oxygens (including phenoxy) is 1. The number of carbonyl (C=O) groups excluding carboxylic acids is 1. The van der Waals surface area contributed by atoms with Gasteiger partial charge in [0.15, 0.2) is 0 Å². The zero-order valence-corrected chi connectivity index (χ0v) is 9.62. The number of hydrogen-bond donors (Lipinski definition) is 0. The van der Waals surface area contributed by atoms with Crippen LogP contribution in [-0.4, -0.2) is 12.4 Å². The molecule has 0 heterocycles. The smallest absolute Gasteiger partial charge is 0.226 e. The van der Waals surface area contributed by atoms with E-state index in [1.807, 2.05) is 36.4 Å². The molecule has 2 nitrogen and oxygen atoms in total. The molecule has 17 heavy (non-hydrogen) atoms. The van der Waals surface area contributed by atoms with Crippen molar-refractivity contribution in [3.63, 3.8) is 0 Å². The van der Waals surface area contributed by atoms with Crippen LogP contribution in [0.5, 0.6) is 5.75 Å². The Labute approximate surface area is 106 Å². The molecule has 0 unspecified atom stereocenters. The van der Waals surface area contributed by atoms with Gasteiger partial charge in [0.05, 0.1) is 7.11 Å². The van der Waals surface area contributed by atoms with Crippen molar-refractivity contribution in [2.45, 2.75) is 13.8 Å². The Morgan fingerprint density at radius 3 is 2.47 bits per heavy atom. The van der Waals surface area contributed by atoms with Gasteiger partial charge < -0.3 is 4.74 Å². The van der Waals surface area contributed by atoms with Crippen molar-refractivity contribution in [3.8, 4) is 5.75 Å². The van der Waals surface area contributed by atoms with Gasteiger partial charge in [0.2, 0.25) is 5.24 Å². The van der Waals surface area contributed by atoms with Gasteiger partial charge in [-0.3, -0.25) is 4.79 Å². The Hall–Kier alpha value is -1.54. The topological polar surface area (TPSA) is 26.3 Å². The Morgan fingerprint density at radius 2 is 1.82 bits per heavy atom. The van der Waals surface area contributed by atoms with Crippen molar-refractivity contribution in [3.05, 3.63) is 42.0 Å². The summed E-state index contributed by atoms with van der Waals surface area (Å²) in [4.78, 5) is 10.8. The van der Waals surface area contributed by atoms with Crippen molar-refractivity contribution in [2.75, 3.05) is 7.11 Å². The second kappa shape index (κ2) is 5.69. The molecule has 0 bridgehead atoms. The van der Waals surface area contributed by atoms with Gasteiger partial charge >= 0.3 is 0 Å². The predicted octanol–water partition coefficient (Wildman–Crippen LogP) is 3.79. The molecule has 0 atom stereocenters. The average molecular weight is 251 g/mol. The summed E-state index contributed by atoms with van der Waals surface area (Å²) in [7, 11) is 1.64. The Kier molecular flexibility index (Phi) is 4.53. The van der Waals surface area contributed by atoms with Crippen molar-refractivity contribution in [1.82, 2.24) is 0 Å². The molecule has 0 saturated heterocycles. The molecule has 0 aromatic heterocycles. The Balaban J connectivity index is 0.00000144. The number of hydrogen-bond acceptors (Lipinski definition) is 2. The summed E-state index contributed by atoms with van der Waals surface area (Å²) < 4.78 is 5.14. The van der Waals surface area contributed by atoms with Gasteiger partial charge in [-0.2, -0.15) is 0 Å². The van der Waals surface area contributed by atoms with Crippen LogP contribution >= 0.6 is 11.6 Å². The first kappa shape index (κ1) is 13.5. The molecule has 2 aromatic rings. The lowest BCUT2D eigenvalue weighted by atomic mass is 10.1. The van der Waals surface area contributed by atoms with E-state index < -0.39 is 0 Å². The monoisotopic (exact) mass is 250 g/mol. The molecule has 3 heteroatoms. The van der Waals surface area contributed by atoms with Gasteiger partial charge in [-0.1, -0.05) is 31.7 Å². The molecule has 0 fully saturated rings. The fourth-order valence-corrected chi connectivity index (χ4v) is 1.83. The van der Waals surface area contributed by atoms with Crippen LogP contribution in [-0.2, 0) is 11.2 Å². The van der Waals surface area contributed by atoms with Gasteiger partial charge in [0, 0.05) is 6.42 Å². The maximum atomic E-state index is 10.8. The molecule has 0 saturated carbocycles. The Morgan fingerprint density at radius 1 is 1.18 bits per heavy atom. The van der Waals surface area contributed by atoms with E-state index in [0.29, 0.717) is 0 Å². The van der Waals surface area contributed by atoms with Crippen molar-refractivity contribution < 1.29 is 9.53 Å². The van der Waals surface area contributed by atoms with Gasteiger partial charge in [-0.25, -0.2) is 0 Å². The minimum atomic E-state index is -0.340. The van der Waals surface area contributed by atoms with Crippen LogP contribution in [0.2, 0.25) is 0 Å². The molecular formula is C14H15ClO2. The first-order valence-corrected chi connectivity index (χ1v) is 5.32. The van der Waals surface area contributed by atoms with Crippen LogP contribution in [0.4, 0.5) is 0 Å². The third kappa shape index (κ3) is 3.21. The molecule has 0 N–H and O–H groups in total. The SMILES string of the molecule is C.COc1ccc2cc(CC(=O)Cl)ccc2c1. The number of halogens is 1. The highest BCUT2D eigenvalue weighted by Crippen LogP contribution is 2.22. The van der Waals surface area contributed by atoms with Crippen LogP contribution < -0.4 is 4.74 Å². The first-order valence-electron chi connectivity index (χ1n) is 4.94. The molecule has 0 spiro atoms. The highest BCUT2D eigenvalue weighted by Gasteiger charge is 2.02. The summed E-state index contributed by atoms with van der Waals surface area (Å²) >= 11 is 5.35. The van der Waals surface area contributed by atoms with Crippen molar-refractivity contribution in [1.29, 1.82) is 0 Å². The maximum Gasteiger partial charge on any atom is 0.226 e. The fourth-order valence-electron chi connectivity index (χ4n) is 1.67. The molecular weight excluding hydrogens is 236 g/mol. The molecule has 90 valence electrons. The van der Waals surface area contributed by atoms with Gasteiger partial charge in [-0.15, -0.1) is 0 Å². The van der Waals surface area contributed by atoms with Crippen LogP contribution in [0, 0.1) is 0 Å².